The van der Waals surface area contributed by atoms with Crippen LogP contribution >= 0.6 is 12.4 Å². The SMILES string of the molecule is Cl.NCC1CN(Cc2cn(-c3ccccc3)nc2-c2cc3ccccc3o2)CCO1. The number of para-hydroxylation sites is 2. The highest BCUT2D eigenvalue weighted by Crippen LogP contribution is 2.30. The Labute approximate surface area is 181 Å². The van der Waals surface area contributed by atoms with Gasteiger partial charge in [0.2, 0.25) is 0 Å². The van der Waals surface area contributed by atoms with Gasteiger partial charge in [0, 0.05) is 43.3 Å². The lowest BCUT2D eigenvalue weighted by molar-refractivity contribution is -0.0260. The summed E-state index contributed by atoms with van der Waals surface area (Å²) in [5.41, 5.74) is 9.72. The Morgan fingerprint density at radius 2 is 1.87 bits per heavy atom. The van der Waals surface area contributed by atoms with Crippen molar-refractivity contribution >= 4 is 23.4 Å². The smallest absolute Gasteiger partial charge is 0.156 e. The molecule has 4 aromatic rings. The van der Waals surface area contributed by atoms with Gasteiger partial charge in [-0.05, 0) is 24.3 Å². The van der Waals surface area contributed by atoms with Crippen molar-refractivity contribution in [1.29, 1.82) is 0 Å². The first kappa shape index (κ1) is 20.6. The first-order valence-corrected chi connectivity index (χ1v) is 9.97. The maximum Gasteiger partial charge on any atom is 0.156 e. The molecule has 1 fully saturated rings. The molecular weight excluding hydrogens is 400 g/mol. The highest BCUT2D eigenvalue weighted by molar-refractivity contribution is 5.85. The van der Waals surface area contributed by atoms with Gasteiger partial charge in [0.25, 0.3) is 0 Å². The van der Waals surface area contributed by atoms with Gasteiger partial charge in [-0.1, -0.05) is 36.4 Å². The maximum absolute atomic E-state index is 6.14. The summed E-state index contributed by atoms with van der Waals surface area (Å²) in [7, 11) is 0. The lowest BCUT2D eigenvalue weighted by Gasteiger charge is -2.32. The predicted octanol–water partition coefficient (Wildman–Crippen LogP) is 3.87. The molecule has 0 aliphatic carbocycles. The fourth-order valence-electron chi connectivity index (χ4n) is 3.85. The Morgan fingerprint density at radius 1 is 1.07 bits per heavy atom. The number of ether oxygens (including phenoxy) is 1. The van der Waals surface area contributed by atoms with Crippen LogP contribution < -0.4 is 5.73 Å². The third kappa shape index (κ3) is 4.13. The molecule has 30 heavy (non-hydrogen) atoms. The number of furan rings is 1. The van der Waals surface area contributed by atoms with Crippen LogP contribution in [0.15, 0.2) is 71.3 Å². The lowest BCUT2D eigenvalue weighted by Crippen LogP contribution is -2.45. The van der Waals surface area contributed by atoms with Crippen molar-refractivity contribution < 1.29 is 9.15 Å². The van der Waals surface area contributed by atoms with Crippen LogP contribution in [0.1, 0.15) is 5.56 Å². The summed E-state index contributed by atoms with van der Waals surface area (Å²) in [4.78, 5) is 2.37. The Balaban J connectivity index is 0.00000218. The van der Waals surface area contributed by atoms with Crippen LogP contribution in [0.2, 0.25) is 0 Å². The van der Waals surface area contributed by atoms with Crippen molar-refractivity contribution in [3.05, 3.63) is 72.4 Å². The molecule has 0 spiro atoms. The normalized spacial score (nSPS) is 17.2. The fraction of sp³-hybridized carbons (Fsp3) is 0.261. The number of benzene rings is 2. The minimum atomic E-state index is 0. The van der Waals surface area contributed by atoms with E-state index in [0.717, 1.165) is 53.3 Å². The lowest BCUT2D eigenvalue weighted by atomic mass is 10.1. The number of rotatable bonds is 5. The molecule has 2 N–H and O–H groups in total. The summed E-state index contributed by atoms with van der Waals surface area (Å²) in [6, 6.07) is 20.3. The molecule has 6 nitrogen and oxygen atoms in total. The number of hydrogen-bond acceptors (Lipinski definition) is 5. The largest absolute Gasteiger partial charge is 0.454 e. The zero-order chi connectivity index (χ0) is 19.6. The maximum atomic E-state index is 6.14. The molecule has 0 amide bonds. The molecule has 0 saturated carbocycles. The van der Waals surface area contributed by atoms with Gasteiger partial charge < -0.3 is 14.9 Å². The molecule has 156 valence electrons. The van der Waals surface area contributed by atoms with Crippen LogP contribution in [0.3, 0.4) is 0 Å². The van der Waals surface area contributed by atoms with E-state index in [1.807, 2.05) is 41.1 Å². The van der Waals surface area contributed by atoms with Gasteiger partial charge in [-0.2, -0.15) is 5.10 Å². The Morgan fingerprint density at radius 3 is 2.67 bits per heavy atom. The monoisotopic (exact) mass is 424 g/mol. The molecule has 2 aromatic carbocycles. The van der Waals surface area contributed by atoms with Gasteiger partial charge in [-0.3, -0.25) is 4.90 Å². The molecule has 1 atom stereocenters. The first-order chi connectivity index (χ1) is 14.3. The zero-order valence-corrected chi connectivity index (χ0v) is 17.4. The van der Waals surface area contributed by atoms with Crippen molar-refractivity contribution in [3.8, 4) is 17.1 Å². The highest BCUT2D eigenvalue weighted by atomic mass is 35.5. The molecular formula is C23H25ClN4O2. The van der Waals surface area contributed by atoms with Crippen molar-refractivity contribution in [1.82, 2.24) is 14.7 Å². The van der Waals surface area contributed by atoms with Crippen molar-refractivity contribution in [2.24, 2.45) is 5.73 Å². The number of morpholine rings is 1. The van der Waals surface area contributed by atoms with Crippen LogP contribution in [0.25, 0.3) is 28.1 Å². The van der Waals surface area contributed by atoms with Gasteiger partial charge in [-0.25, -0.2) is 4.68 Å². The summed E-state index contributed by atoms with van der Waals surface area (Å²) in [5.74, 6) is 0.791. The summed E-state index contributed by atoms with van der Waals surface area (Å²) in [6.07, 6.45) is 2.19. The van der Waals surface area contributed by atoms with E-state index < -0.39 is 0 Å². The Kier molecular flexibility index (Phi) is 6.20. The molecule has 0 radical (unpaired) electrons. The minimum absolute atomic E-state index is 0. The fourth-order valence-corrected chi connectivity index (χ4v) is 3.85. The molecule has 3 heterocycles. The molecule has 0 bridgehead atoms. The van der Waals surface area contributed by atoms with Crippen molar-refractivity contribution in [2.45, 2.75) is 12.6 Å². The second-order valence-electron chi connectivity index (χ2n) is 7.40. The van der Waals surface area contributed by atoms with E-state index in [1.165, 1.54) is 0 Å². The number of aromatic nitrogens is 2. The number of hydrogen-bond donors (Lipinski definition) is 1. The van der Waals surface area contributed by atoms with E-state index in [-0.39, 0.29) is 18.5 Å². The van der Waals surface area contributed by atoms with Gasteiger partial charge >= 0.3 is 0 Å². The van der Waals surface area contributed by atoms with E-state index in [9.17, 15) is 0 Å². The molecule has 1 aliphatic rings. The number of halogens is 1. The average molecular weight is 425 g/mol. The van der Waals surface area contributed by atoms with E-state index in [2.05, 4.69) is 35.4 Å². The van der Waals surface area contributed by atoms with E-state index in [4.69, 9.17) is 20.0 Å². The van der Waals surface area contributed by atoms with Crippen molar-refractivity contribution in [2.75, 3.05) is 26.2 Å². The highest BCUT2D eigenvalue weighted by Gasteiger charge is 2.23. The van der Waals surface area contributed by atoms with Gasteiger partial charge in [0.15, 0.2) is 5.76 Å². The van der Waals surface area contributed by atoms with Crippen LogP contribution in [0.5, 0.6) is 0 Å². The van der Waals surface area contributed by atoms with E-state index in [0.29, 0.717) is 13.2 Å². The van der Waals surface area contributed by atoms with Crippen LogP contribution in [0.4, 0.5) is 0 Å². The summed E-state index contributed by atoms with van der Waals surface area (Å²) < 4.78 is 13.8. The summed E-state index contributed by atoms with van der Waals surface area (Å²) in [5, 5.41) is 5.97. The van der Waals surface area contributed by atoms with Gasteiger partial charge in [0.1, 0.15) is 11.3 Å². The molecule has 1 aliphatic heterocycles. The van der Waals surface area contributed by atoms with Crippen molar-refractivity contribution in [3.63, 3.8) is 0 Å². The van der Waals surface area contributed by atoms with Gasteiger partial charge in [0.05, 0.1) is 18.4 Å². The second kappa shape index (κ2) is 9.02. The van der Waals surface area contributed by atoms with Crippen LogP contribution in [-0.2, 0) is 11.3 Å². The summed E-state index contributed by atoms with van der Waals surface area (Å²) in [6.45, 7) is 3.73. The van der Waals surface area contributed by atoms with Crippen LogP contribution in [0, 0.1) is 0 Å². The quantitative estimate of drug-likeness (QED) is 0.526. The standard InChI is InChI=1S/C23H24N4O2.ClH/c24-13-20-16-26(10-11-28-20)14-18-15-27(19-7-2-1-3-8-19)25-23(18)22-12-17-6-4-5-9-21(17)29-22;/h1-9,12,15,20H,10-11,13-14,16,24H2;1H. The van der Waals surface area contributed by atoms with Crippen LogP contribution in [-0.4, -0.2) is 47.0 Å². The minimum Gasteiger partial charge on any atom is -0.454 e. The van der Waals surface area contributed by atoms with E-state index in [1.54, 1.807) is 0 Å². The molecule has 1 unspecified atom stereocenters. The predicted molar refractivity (Wildman–Crippen MR) is 120 cm³/mol. The molecule has 1 saturated heterocycles. The number of nitrogens with two attached hydrogens (primary N) is 1. The molecule has 2 aromatic heterocycles. The number of fused-ring (bicyclic) bond motifs is 1. The van der Waals surface area contributed by atoms with Gasteiger partial charge in [-0.15, -0.1) is 12.4 Å². The first-order valence-electron chi connectivity index (χ1n) is 9.97. The summed E-state index contributed by atoms with van der Waals surface area (Å²) >= 11 is 0. The Hall–Kier alpha value is -2.64. The zero-order valence-electron chi connectivity index (χ0n) is 16.6. The Bertz CT molecular complexity index is 1080. The molecule has 5 rings (SSSR count). The third-order valence-corrected chi connectivity index (χ3v) is 5.35. The molecule has 7 heteroatoms. The van der Waals surface area contributed by atoms with E-state index >= 15 is 0 Å². The third-order valence-electron chi connectivity index (χ3n) is 5.35. The second-order valence-corrected chi connectivity index (χ2v) is 7.40. The topological polar surface area (TPSA) is 69.5 Å². The average Bonchev–Trinajstić information content (AvgIpc) is 3.38. The number of nitrogens with zero attached hydrogens (tertiary/aromatic N) is 3.